The van der Waals surface area contributed by atoms with E-state index in [9.17, 15) is 13.2 Å². The molecule has 0 unspecified atom stereocenters. The van der Waals surface area contributed by atoms with Crippen LogP contribution in [-0.4, -0.2) is 54.4 Å². The third-order valence-electron chi connectivity index (χ3n) is 2.71. The van der Waals surface area contributed by atoms with Crippen LogP contribution < -0.4 is 9.80 Å². The van der Waals surface area contributed by atoms with Crippen LogP contribution in [0, 0.1) is 0 Å². The van der Waals surface area contributed by atoms with Crippen LogP contribution in [0.25, 0.3) is 0 Å². The van der Waals surface area contributed by atoms with E-state index in [4.69, 9.17) is 11.6 Å². The molecule has 0 saturated carbocycles. The molecular formula is C13H19ClN2O3S. The van der Waals surface area contributed by atoms with Crippen LogP contribution >= 0.6 is 11.6 Å². The van der Waals surface area contributed by atoms with Crippen molar-refractivity contribution in [3.8, 4) is 0 Å². The maximum Gasteiger partial charge on any atom is 0.178 e. The Hall–Kier alpha value is -1.27. The topological polar surface area (TPSA) is 57.7 Å². The van der Waals surface area contributed by atoms with Crippen molar-refractivity contribution in [2.45, 2.75) is 0 Å². The van der Waals surface area contributed by atoms with Crippen molar-refractivity contribution < 1.29 is 13.2 Å². The molecule has 0 aromatic heterocycles. The molecule has 0 spiro atoms. The highest BCUT2D eigenvalue weighted by molar-refractivity contribution is 7.91. The number of nitrogens with zero attached hydrogens (tertiary/aromatic N) is 2. The largest absolute Gasteiger partial charge is 0.376 e. The average Bonchev–Trinajstić information content (AvgIpc) is 2.25. The summed E-state index contributed by atoms with van der Waals surface area (Å²) in [4.78, 5) is 15.6. The summed E-state index contributed by atoms with van der Waals surface area (Å²) in [6.45, 7) is 0. The standard InChI is InChI=1S/C13H19ClN2O3S/c1-15(2)10-6-9(12(17)8-20(5,18)19)7-11(13(10)14)16(3)4/h6-7H,8H2,1-5H3. The van der Waals surface area contributed by atoms with Gasteiger partial charge in [-0.2, -0.15) is 0 Å². The number of sulfone groups is 1. The third kappa shape index (κ3) is 4.11. The van der Waals surface area contributed by atoms with Gasteiger partial charge in [-0.1, -0.05) is 11.6 Å². The molecule has 5 nitrogen and oxygen atoms in total. The zero-order chi connectivity index (χ0) is 15.7. The van der Waals surface area contributed by atoms with Gasteiger partial charge >= 0.3 is 0 Å². The molecule has 20 heavy (non-hydrogen) atoms. The number of halogens is 1. The van der Waals surface area contributed by atoms with Gasteiger partial charge in [0.25, 0.3) is 0 Å². The molecule has 0 bridgehead atoms. The van der Waals surface area contributed by atoms with Gasteiger partial charge in [0.1, 0.15) is 5.75 Å². The van der Waals surface area contributed by atoms with E-state index in [1.807, 2.05) is 28.2 Å². The van der Waals surface area contributed by atoms with E-state index in [1.165, 1.54) is 0 Å². The van der Waals surface area contributed by atoms with E-state index < -0.39 is 21.4 Å². The van der Waals surface area contributed by atoms with Crippen molar-refractivity contribution in [2.24, 2.45) is 0 Å². The Morgan fingerprint density at radius 2 is 1.50 bits per heavy atom. The molecular weight excluding hydrogens is 300 g/mol. The molecule has 0 aliphatic rings. The van der Waals surface area contributed by atoms with Crippen LogP contribution in [-0.2, 0) is 9.84 Å². The number of ketones is 1. The maximum absolute atomic E-state index is 12.1. The predicted octanol–water partition coefficient (Wildman–Crippen LogP) is 1.70. The van der Waals surface area contributed by atoms with Gasteiger partial charge in [0, 0.05) is 40.0 Å². The van der Waals surface area contributed by atoms with E-state index in [2.05, 4.69) is 0 Å². The lowest BCUT2D eigenvalue weighted by atomic mass is 10.1. The molecule has 0 atom stereocenters. The molecule has 0 aliphatic carbocycles. The molecule has 0 amide bonds. The van der Waals surface area contributed by atoms with Gasteiger partial charge in [-0.3, -0.25) is 4.79 Å². The molecule has 0 aliphatic heterocycles. The van der Waals surface area contributed by atoms with Crippen molar-refractivity contribution in [3.63, 3.8) is 0 Å². The number of carbonyl (C=O) groups is 1. The van der Waals surface area contributed by atoms with E-state index in [0.29, 0.717) is 22.0 Å². The maximum atomic E-state index is 12.1. The zero-order valence-corrected chi connectivity index (χ0v) is 13.8. The van der Waals surface area contributed by atoms with Gasteiger partial charge in [0.05, 0.1) is 16.4 Å². The SMILES string of the molecule is CN(C)c1cc(C(=O)CS(C)(=O)=O)cc(N(C)C)c1Cl. The van der Waals surface area contributed by atoms with E-state index in [0.717, 1.165) is 6.26 Å². The van der Waals surface area contributed by atoms with Crippen molar-refractivity contribution in [2.75, 3.05) is 50.0 Å². The van der Waals surface area contributed by atoms with Gasteiger partial charge in [-0.25, -0.2) is 8.42 Å². The fraction of sp³-hybridized carbons (Fsp3) is 0.462. The van der Waals surface area contributed by atoms with Gasteiger partial charge in [-0.05, 0) is 12.1 Å². The first-order valence-electron chi connectivity index (χ1n) is 5.92. The second kappa shape index (κ2) is 6.01. The van der Waals surface area contributed by atoms with Crippen molar-refractivity contribution in [1.82, 2.24) is 0 Å². The van der Waals surface area contributed by atoms with Gasteiger partial charge in [0.15, 0.2) is 15.6 Å². The number of hydrogen-bond donors (Lipinski definition) is 0. The first-order valence-corrected chi connectivity index (χ1v) is 8.36. The Labute approximate surface area is 125 Å². The highest BCUT2D eigenvalue weighted by Gasteiger charge is 2.18. The van der Waals surface area contributed by atoms with Gasteiger partial charge < -0.3 is 9.80 Å². The Bertz CT molecular complexity index is 595. The number of rotatable bonds is 5. The Kier molecular flexibility index (Phi) is 5.05. The zero-order valence-electron chi connectivity index (χ0n) is 12.3. The lowest BCUT2D eigenvalue weighted by Crippen LogP contribution is -2.18. The van der Waals surface area contributed by atoms with Crippen LogP contribution in [0.15, 0.2) is 12.1 Å². The Morgan fingerprint density at radius 1 is 1.10 bits per heavy atom. The third-order valence-corrected chi connectivity index (χ3v) is 3.89. The number of carbonyl (C=O) groups excluding carboxylic acids is 1. The molecule has 1 rings (SSSR count). The summed E-state index contributed by atoms with van der Waals surface area (Å²) in [7, 11) is 3.89. The highest BCUT2D eigenvalue weighted by atomic mass is 35.5. The normalized spacial score (nSPS) is 11.3. The molecule has 1 aromatic rings. The molecule has 0 N–H and O–H groups in total. The lowest BCUT2D eigenvalue weighted by Gasteiger charge is -2.22. The van der Waals surface area contributed by atoms with Crippen molar-refractivity contribution >= 4 is 38.6 Å². The Balaban J connectivity index is 3.38. The quantitative estimate of drug-likeness (QED) is 0.773. The molecule has 0 radical (unpaired) electrons. The van der Waals surface area contributed by atoms with Gasteiger partial charge in [0.2, 0.25) is 0 Å². The monoisotopic (exact) mass is 318 g/mol. The molecule has 0 saturated heterocycles. The second-order valence-corrected chi connectivity index (χ2v) is 7.63. The number of benzene rings is 1. The number of Topliss-reactive ketones (excluding diaryl/α,β-unsaturated/α-hetero) is 1. The molecule has 1 aromatic carbocycles. The highest BCUT2D eigenvalue weighted by Crippen LogP contribution is 2.35. The number of hydrogen-bond acceptors (Lipinski definition) is 5. The van der Waals surface area contributed by atoms with Crippen LogP contribution in [0.4, 0.5) is 11.4 Å². The van der Waals surface area contributed by atoms with E-state index >= 15 is 0 Å². The lowest BCUT2D eigenvalue weighted by molar-refractivity contribution is 0.102. The number of anilines is 2. The average molecular weight is 319 g/mol. The molecule has 0 heterocycles. The Morgan fingerprint density at radius 3 is 1.80 bits per heavy atom. The summed E-state index contributed by atoms with van der Waals surface area (Å²) in [5, 5.41) is 0.524. The summed E-state index contributed by atoms with van der Waals surface area (Å²) >= 11 is 6.30. The minimum absolute atomic E-state index is 0.340. The summed E-state index contributed by atoms with van der Waals surface area (Å²) in [6.07, 6.45) is 1.04. The second-order valence-electron chi connectivity index (χ2n) is 5.11. The molecule has 112 valence electrons. The smallest absolute Gasteiger partial charge is 0.178 e. The first-order chi connectivity index (χ1) is 9.03. The van der Waals surface area contributed by atoms with Crippen molar-refractivity contribution in [1.29, 1.82) is 0 Å². The molecule has 7 heteroatoms. The van der Waals surface area contributed by atoms with Crippen molar-refractivity contribution in [3.05, 3.63) is 22.7 Å². The fourth-order valence-corrected chi connectivity index (χ4v) is 2.82. The van der Waals surface area contributed by atoms with Crippen LogP contribution in [0.5, 0.6) is 0 Å². The van der Waals surface area contributed by atoms with E-state index in [1.54, 1.807) is 21.9 Å². The summed E-state index contributed by atoms with van der Waals surface area (Å²) in [5.41, 5.74) is 1.69. The summed E-state index contributed by atoms with van der Waals surface area (Å²) < 4.78 is 22.5. The summed E-state index contributed by atoms with van der Waals surface area (Å²) in [6, 6.07) is 3.23. The van der Waals surface area contributed by atoms with Crippen LogP contribution in [0.2, 0.25) is 5.02 Å². The van der Waals surface area contributed by atoms with Gasteiger partial charge in [-0.15, -0.1) is 0 Å². The minimum Gasteiger partial charge on any atom is -0.376 e. The molecule has 0 fully saturated rings. The minimum atomic E-state index is -3.36. The van der Waals surface area contributed by atoms with Crippen LogP contribution in [0.3, 0.4) is 0 Å². The van der Waals surface area contributed by atoms with E-state index in [-0.39, 0.29) is 0 Å². The first kappa shape index (κ1) is 16.8. The fourth-order valence-electron chi connectivity index (χ4n) is 1.73. The van der Waals surface area contributed by atoms with Crippen LogP contribution in [0.1, 0.15) is 10.4 Å². The predicted molar refractivity (Wildman–Crippen MR) is 84.1 cm³/mol. The summed E-state index contributed by atoms with van der Waals surface area (Å²) in [5.74, 6) is -0.940.